The number of rotatable bonds is 13. The Bertz CT molecular complexity index is 1030. The second-order valence-electron chi connectivity index (χ2n) is 9.03. The molecule has 2 rings (SSSR count). The summed E-state index contributed by atoms with van der Waals surface area (Å²) in [5, 5.41) is 26.4. The van der Waals surface area contributed by atoms with E-state index in [1.165, 1.54) is 12.1 Å². The van der Waals surface area contributed by atoms with Gasteiger partial charge in [-0.25, -0.2) is 4.79 Å². The topological polar surface area (TPSA) is 171 Å². The first kappa shape index (κ1) is 28.3. The van der Waals surface area contributed by atoms with E-state index < -0.39 is 48.4 Å². The zero-order valence-corrected chi connectivity index (χ0v) is 20.4. The lowest BCUT2D eigenvalue weighted by molar-refractivity contribution is -0.141. The second-order valence-corrected chi connectivity index (χ2v) is 9.03. The molecule has 0 radical (unpaired) electrons. The van der Waals surface area contributed by atoms with Crippen molar-refractivity contribution in [3.05, 3.63) is 65.7 Å². The summed E-state index contributed by atoms with van der Waals surface area (Å²) in [6.45, 7) is 3.33. The number of carbonyl (C=O) groups is 4. The summed E-state index contributed by atoms with van der Waals surface area (Å²) in [6.07, 6.45) is 0.625. The van der Waals surface area contributed by atoms with Gasteiger partial charge in [-0.3, -0.25) is 14.4 Å². The van der Waals surface area contributed by atoms with Gasteiger partial charge in [-0.2, -0.15) is 0 Å². The van der Waals surface area contributed by atoms with Gasteiger partial charge < -0.3 is 31.9 Å². The molecule has 0 aliphatic carbocycles. The Labute approximate surface area is 210 Å². The minimum Gasteiger partial charge on any atom is -0.508 e. The van der Waals surface area contributed by atoms with E-state index in [2.05, 4.69) is 16.0 Å². The predicted molar refractivity (Wildman–Crippen MR) is 134 cm³/mol. The van der Waals surface area contributed by atoms with Crippen LogP contribution in [0.15, 0.2) is 54.6 Å². The van der Waals surface area contributed by atoms with Crippen LogP contribution in [0.3, 0.4) is 0 Å². The van der Waals surface area contributed by atoms with Crippen molar-refractivity contribution in [2.45, 2.75) is 51.2 Å². The number of nitrogens with one attached hydrogen (secondary N) is 3. The van der Waals surface area contributed by atoms with Crippen LogP contribution in [-0.4, -0.2) is 58.6 Å². The molecule has 36 heavy (non-hydrogen) atoms. The van der Waals surface area contributed by atoms with Crippen molar-refractivity contribution in [1.82, 2.24) is 16.0 Å². The number of hydrogen-bond donors (Lipinski definition) is 6. The summed E-state index contributed by atoms with van der Waals surface area (Å²) in [4.78, 5) is 49.3. The third-order valence-electron chi connectivity index (χ3n) is 5.41. The maximum absolute atomic E-state index is 12.8. The van der Waals surface area contributed by atoms with Gasteiger partial charge in [-0.1, -0.05) is 56.3 Å². The van der Waals surface area contributed by atoms with Crippen molar-refractivity contribution in [1.29, 1.82) is 0 Å². The molecule has 3 atom stereocenters. The van der Waals surface area contributed by atoms with E-state index in [4.69, 9.17) is 5.73 Å². The highest BCUT2D eigenvalue weighted by Gasteiger charge is 2.26. The fourth-order valence-electron chi connectivity index (χ4n) is 3.55. The smallest absolute Gasteiger partial charge is 0.326 e. The van der Waals surface area contributed by atoms with Gasteiger partial charge in [0.15, 0.2) is 0 Å². The molecule has 0 saturated carbocycles. The average Bonchev–Trinajstić information content (AvgIpc) is 2.83. The van der Waals surface area contributed by atoms with E-state index in [0.29, 0.717) is 6.42 Å². The zero-order chi connectivity index (χ0) is 26.7. The molecule has 0 heterocycles. The molecule has 10 heteroatoms. The number of carboxylic acids is 1. The Morgan fingerprint density at radius 3 is 2.03 bits per heavy atom. The maximum atomic E-state index is 12.8. The van der Waals surface area contributed by atoms with E-state index in [9.17, 15) is 29.4 Å². The van der Waals surface area contributed by atoms with Crippen molar-refractivity contribution in [2.75, 3.05) is 6.54 Å². The first-order chi connectivity index (χ1) is 17.0. The zero-order valence-electron chi connectivity index (χ0n) is 20.4. The van der Waals surface area contributed by atoms with Gasteiger partial charge in [0, 0.05) is 6.42 Å². The van der Waals surface area contributed by atoms with Gasteiger partial charge >= 0.3 is 5.97 Å². The molecule has 194 valence electrons. The summed E-state index contributed by atoms with van der Waals surface area (Å²) >= 11 is 0. The number of phenols is 1. The number of phenolic OH excluding ortho intramolecular Hbond substituents is 1. The van der Waals surface area contributed by atoms with Crippen LogP contribution in [0, 0.1) is 5.92 Å². The predicted octanol–water partition coefficient (Wildman–Crippen LogP) is 0.721. The third kappa shape index (κ3) is 9.75. The molecule has 3 amide bonds. The molecule has 3 unspecified atom stereocenters. The number of carboxylic acid groups (broad SMARTS) is 1. The monoisotopic (exact) mass is 498 g/mol. The van der Waals surface area contributed by atoms with Crippen LogP contribution in [0.5, 0.6) is 5.75 Å². The van der Waals surface area contributed by atoms with Gasteiger partial charge in [0.05, 0.1) is 12.6 Å². The van der Waals surface area contributed by atoms with Gasteiger partial charge in [0.2, 0.25) is 17.7 Å². The minimum atomic E-state index is -1.19. The van der Waals surface area contributed by atoms with Gasteiger partial charge in [0.1, 0.15) is 17.8 Å². The molecule has 0 fully saturated rings. The van der Waals surface area contributed by atoms with Crippen molar-refractivity contribution in [2.24, 2.45) is 11.7 Å². The van der Waals surface area contributed by atoms with Gasteiger partial charge in [-0.05, 0) is 42.0 Å². The Kier molecular flexibility index (Phi) is 10.9. The van der Waals surface area contributed by atoms with E-state index in [0.717, 1.165) is 11.1 Å². The van der Waals surface area contributed by atoms with Crippen LogP contribution in [0.1, 0.15) is 31.4 Å². The average molecular weight is 499 g/mol. The number of amides is 3. The van der Waals surface area contributed by atoms with Gasteiger partial charge in [-0.15, -0.1) is 0 Å². The van der Waals surface area contributed by atoms with Crippen LogP contribution in [0.25, 0.3) is 0 Å². The van der Waals surface area contributed by atoms with Crippen molar-refractivity contribution in [3.8, 4) is 5.75 Å². The van der Waals surface area contributed by atoms with Crippen molar-refractivity contribution < 1.29 is 29.4 Å². The lowest BCUT2D eigenvalue weighted by atomic mass is 10.0. The van der Waals surface area contributed by atoms with E-state index in [1.54, 1.807) is 42.5 Å². The summed E-state index contributed by atoms with van der Waals surface area (Å²) in [5.74, 6) is -2.78. The Morgan fingerprint density at radius 2 is 1.44 bits per heavy atom. The summed E-state index contributed by atoms with van der Waals surface area (Å²) in [5.41, 5.74) is 7.51. The lowest BCUT2D eigenvalue weighted by Crippen LogP contribution is -2.54. The Morgan fingerprint density at radius 1 is 0.833 bits per heavy atom. The van der Waals surface area contributed by atoms with Crippen LogP contribution in [0.4, 0.5) is 0 Å². The quantitative estimate of drug-likeness (QED) is 0.236. The van der Waals surface area contributed by atoms with Crippen molar-refractivity contribution in [3.63, 3.8) is 0 Å². The third-order valence-corrected chi connectivity index (χ3v) is 5.41. The number of hydrogen-bond acceptors (Lipinski definition) is 6. The van der Waals surface area contributed by atoms with Crippen molar-refractivity contribution >= 4 is 23.7 Å². The lowest BCUT2D eigenvalue weighted by Gasteiger charge is -2.22. The highest BCUT2D eigenvalue weighted by molar-refractivity contribution is 5.92. The summed E-state index contributed by atoms with van der Waals surface area (Å²) in [6, 6.07) is 12.2. The molecular weight excluding hydrogens is 464 g/mol. The highest BCUT2D eigenvalue weighted by Crippen LogP contribution is 2.11. The molecule has 0 aliphatic rings. The number of benzene rings is 2. The fraction of sp³-hybridized carbons (Fsp3) is 0.385. The Hall–Kier alpha value is -3.92. The molecular formula is C26H34N4O6. The number of carbonyl (C=O) groups excluding carboxylic acids is 3. The van der Waals surface area contributed by atoms with Crippen LogP contribution in [0.2, 0.25) is 0 Å². The largest absolute Gasteiger partial charge is 0.508 e. The normalized spacial score (nSPS) is 13.3. The standard InChI is InChI=1S/C26H34N4O6/c1-16(2)12-21(30-24(33)20(27)13-18-8-10-19(31)11-9-18)25(34)28-15-23(32)29-22(26(35)36)14-17-6-4-3-5-7-17/h3-11,16,20-22,31H,12-15,27H2,1-2H3,(H,28,34)(H,29,32)(H,30,33)(H,35,36). The summed E-state index contributed by atoms with van der Waals surface area (Å²) in [7, 11) is 0. The van der Waals surface area contributed by atoms with E-state index in [1.807, 2.05) is 13.8 Å². The molecule has 2 aromatic carbocycles. The summed E-state index contributed by atoms with van der Waals surface area (Å²) < 4.78 is 0. The molecule has 0 spiro atoms. The number of aromatic hydroxyl groups is 1. The van der Waals surface area contributed by atoms with E-state index >= 15 is 0 Å². The minimum absolute atomic E-state index is 0.0606. The highest BCUT2D eigenvalue weighted by atomic mass is 16.4. The second kappa shape index (κ2) is 13.8. The molecule has 7 N–H and O–H groups in total. The Balaban J connectivity index is 1.92. The SMILES string of the molecule is CC(C)CC(NC(=O)C(N)Cc1ccc(O)cc1)C(=O)NCC(=O)NC(Cc1ccccc1)C(=O)O. The fourth-order valence-corrected chi connectivity index (χ4v) is 3.55. The van der Waals surface area contributed by atoms with Crippen LogP contribution >= 0.6 is 0 Å². The van der Waals surface area contributed by atoms with Gasteiger partial charge in [0.25, 0.3) is 0 Å². The molecule has 0 bridgehead atoms. The van der Waals surface area contributed by atoms with Crippen LogP contribution < -0.4 is 21.7 Å². The number of nitrogens with two attached hydrogens (primary N) is 1. The molecule has 0 aromatic heterocycles. The molecule has 10 nitrogen and oxygen atoms in total. The van der Waals surface area contributed by atoms with E-state index in [-0.39, 0.29) is 24.5 Å². The first-order valence-corrected chi connectivity index (χ1v) is 11.7. The maximum Gasteiger partial charge on any atom is 0.326 e. The van der Waals surface area contributed by atoms with Crippen LogP contribution in [-0.2, 0) is 32.0 Å². The molecule has 0 aliphatic heterocycles. The molecule has 0 saturated heterocycles. The first-order valence-electron chi connectivity index (χ1n) is 11.7. The number of aliphatic carboxylic acids is 1. The molecule has 2 aromatic rings.